The van der Waals surface area contributed by atoms with Gasteiger partial charge in [-0.05, 0) is 25.3 Å². The SMILES string of the molecule is CCCN1CCC(O)C(C)C1. The van der Waals surface area contributed by atoms with Crippen LogP contribution in [0.2, 0.25) is 0 Å². The maximum absolute atomic E-state index is 9.44. The molecule has 2 nitrogen and oxygen atoms in total. The normalized spacial score (nSPS) is 34.1. The van der Waals surface area contributed by atoms with Gasteiger partial charge < -0.3 is 10.0 Å². The van der Waals surface area contributed by atoms with Crippen LogP contribution in [-0.4, -0.2) is 35.7 Å². The van der Waals surface area contributed by atoms with Crippen molar-refractivity contribution in [1.29, 1.82) is 0 Å². The van der Waals surface area contributed by atoms with E-state index in [0.29, 0.717) is 5.92 Å². The first-order valence-electron chi connectivity index (χ1n) is 4.64. The molecule has 0 aromatic rings. The summed E-state index contributed by atoms with van der Waals surface area (Å²) in [6.45, 7) is 7.69. The molecule has 0 aliphatic carbocycles. The standard InChI is InChI=1S/C9H19NO/c1-3-5-10-6-4-9(11)8(2)7-10/h8-9,11H,3-7H2,1-2H3. The summed E-state index contributed by atoms with van der Waals surface area (Å²) < 4.78 is 0. The van der Waals surface area contributed by atoms with Crippen LogP contribution >= 0.6 is 0 Å². The third kappa shape index (κ3) is 2.46. The second kappa shape index (κ2) is 4.07. The van der Waals surface area contributed by atoms with Gasteiger partial charge in [0.05, 0.1) is 6.10 Å². The summed E-state index contributed by atoms with van der Waals surface area (Å²) in [6, 6.07) is 0. The zero-order valence-corrected chi connectivity index (χ0v) is 7.58. The molecule has 1 aliphatic heterocycles. The van der Waals surface area contributed by atoms with Gasteiger partial charge in [0.15, 0.2) is 0 Å². The van der Waals surface area contributed by atoms with Crippen LogP contribution in [0.3, 0.4) is 0 Å². The highest BCUT2D eigenvalue weighted by Crippen LogP contribution is 2.16. The van der Waals surface area contributed by atoms with E-state index >= 15 is 0 Å². The fraction of sp³-hybridized carbons (Fsp3) is 1.00. The average Bonchev–Trinajstić information content (AvgIpc) is 1.98. The number of hydrogen-bond acceptors (Lipinski definition) is 2. The average molecular weight is 157 g/mol. The Morgan fingerprint density at radius 2 is 2.27 bits per heavy atom. The Morgan fingerprint density at radius 3 is 2.82 bits per heavy atom. The first kappa shape index (κ1) is 9.01. The van der Waals surface area contributed by atoms with Crippen molar-refractivity contribution in [3.8, 4) is 0 Å². The van der Waals surface area contributed by atoms with E-state index in [9.17, 15) is 5.11 Å². The highest BCUT2D eigenvalue weighted by molar-refractivity contribution is 4.76. The molecule has 1 N–H and O–H groups in total. The minimum Gasteiger partial charge on any atom is -0.393 e. The van der Waals surface area contributed by atoms with Crippen molar-refractivity contribution in [2.45, 2.75) is 32.8 Å². The third-order valence-corrected chi connectivity index (χ3v) is 2.48. The van der Waals surface area contributed by atoms with Crippen molar-refractivity contribution in [2.24, 2.45) is 5.92 Å². The van der Waals surface area contributed by atoms with E-state index < -0.39 is 0 Å². The van der Waals surface area contributed by atoms with E-state index in [1.165, 1.54) is 13.0 Å². The quantitative estimate of drug-likeness (QED) is 0.649. The van der Waals surface area contributed by atoms with E-state index in [0.717, 1.165) is 19.5 Å². The molecular weight excluding hydrogens is 138 g/mol. The molecule has 0 saturated carbocycles. The number of piperidine rings is 1. The predicted molar refractivity (Wildman–Crippen MR) is 46.5 cm³/mol. The van der Waals surface area contributed by atoms with Crippen LogP contribution in [0.25, 0.3) is 0 Å². The smallest absolute Gasteiger partial charge is 0.0590 e. The first-order valence-corrected chi connectivity index (χ1v) is 4.64. The van der Waals surface area contributed by atoms with E-state index in [1.807, 2.05) is 0 Å². The van der Waals surface area contributed by atoms with Crippen molar-refractivity contribution < 1.29 is 5.11 Å². The molecule has 2 atom stereocenters. The Balaban J connectivity index is 2.28. The fourth-order valence-corrected chi connectivity index (χ4v) is 1.74. The van der Waals surface area contributed by atoms with E-state index in [2.05, 4.69) is 18.7 Å². The van der Waals surface area contributed by atoms with Gasteiger partial charge in [0.25, 0.3) is 0 Å². The van der Waals surface area contributed by atoms with Gasteiger partial charge in [-0.15, -0.1) is 0 Å². The molecule has 0 spiro atoms. The van der Waals surface area contributed by atoms with Crippen LogP contribution in [0.4, 0.5) is 0 Å². The summed E-state index contributed by atoms with van der Waals surface area (Å²) in [4.78, 5) is 2.44. The number of likely N-dealkylation sites (tertiary alicyclic amines) is 1. The second-order valence-electron chi connectivity index (χ2n) is 3.63. The fourth-order valence-electron chi connectivity index (χ4n) is 1.74. The highest BCUT2D eigenvalue weighted by atomic mass is 16.3. The van der Waals surface area contributed by atoms with Crippen molar-refractivity contribution in [2.75, 3.05) is 19.6 Å². The zero-order valence-electron chi connectivity index (χ0n) is 7.58. The van der Waals surface area contributed by atoms with E-state index in [-0.39, 0.29) is 6.10 Å². The maximum atomic E-state index is 9.44. The van der Waals surface area contributed by atoms with Crippen LogP contribution in [-0.2, 0) is 0 Å². The maximum Gasteiger partial charge on any atom is 0.0590 e. The van der Waals surface area contributed by atoms with Crippen LogP contribution in [0.15, 0.2) is 0 Å². The van der Waals surface area contributed by atoms with Crippen LogP contribution in [0.1, 0.15) is 26.7 Å². The van der Waals surface area contributed by atoms with E-state index in [1.54, 1.807) is 0 Å². The monoisotopic (exact) mass is 157 g/mol. The van der Waals surface area contributed by atoms with Gasteiger partial charge in [-0.3, -0.25) is 0 Å². The molecule has 0 radical (unpaired) electrons. The predicted octanol–water partition coefficient (Wildman–Crippen LogP) is 1.10. The molecule has 1 fully saturated rings. The molecule has 1 saturated heterocycles. The molecule has 1 rings (SSSR count). The zero-order chi connectivity index (χ0) is 8.27. The van der Waals surface area contributed by atoms with Crippen molar-refractivity contribution >= 4 is 0 Å². The molecule has 2 unspecified atom stereocenters. The second-order valence-corrected chi connectivity index (χ2v) is 3.63. The lowest BCUT2D eigenvalue weighted by Crippen LogP contribution is -2.42. The minimum absolute atomic E-state index is 0.0527. The van der Waals surface area contributed by atoms with Crippen LogP contribution < -0.4 is 0 Å². The molecule has 0 bridgehead atoms. The summed E-state index contributed by atoms with van der Waals surface area (Å²) in [5.74, 6) is 0.468. The van der Waals surface area contributed by atoms with Gasteiger partial charge in [-0.1, -0.05) is 13.8 Å². The molecule has 1 heterocycles. The molecule has 0 amide bonds. The van der Waals surface area contributed by atoms with Gasteiger partial charge in [-0.2, -0.15) is 0 Å². The molecule has 1 aliphatic rings. The molecule has 0 aromatic heterocycles. The molecule has 66 valence electrons. The number of nitrogens with zero attached hydrogens (tertiary/aromatic N) is 1. The number of hydrogen-bond donors (Lipinski definition) is 1. The Bertz CT molecular complexity index is 116. The summed E-state index contributed by atoms with van der Waals surface area (Å²) in [7, 11) is 0. The van der Waals surface area contributed by atoms with Crippen molar-refractivity contribution in [3.63, 3.8) is 0 Å². The van der Waals surface area contributed by atoms with E-state index in [4.69, 9.17) is 0 Å². The Morgan fingerprint density at radius 1 is 1.55 bits per heavy atom. The van der Waals surface area contributed by atoms with Gasteiger partial charge in [0.1, 0.15) is 0 Å². The van der Waals surface area contributed by atoms with Gasteiger partial charge in [0, 0.05) is 13.1 Å². The Hall–Kier alpha value is -0.0800. The van der Waals surface area contributed by atoms with Gasteiger partial charge >= 0.3 is 0 Å². The lowest BCUT2D eigenvalue weighted by Gasteiger charge is -2.34. The number of rotatable bonds is 2. The lowest BCUT2D eigenvalue weighted by atomic mass is 9.97. The van der Waals surface area contributed by atoms with Crippen LogP contribution in [0, 0.1) is 5.92 Å². The summed E-state index contributed by atoms with van der Waals surface area (Å²) in [5, 5.41) is 9.44. The highest BCUT2D eigenvalue weighted by Gasteiger charge is 2.22. The first-order chi connectivity index (χ1) is 5.24. The number of aliphatic hydroxyl groups excluding tert-OH is 1. The summed E-state index contributed by atoms with van der Waals surface area (Å²) in [6.07, 6.45) is 2.13. The molecule has 0 aromatic carbocycles. The number of aliphatic hydroxyl groups is 1. The topological polar surface area (TPSA) is 23.5 Å². The third-order valence-electron chi connectivity index (χ3n) is 2.48. The van der Waals surface area contributed by atoms with Crippen LogP contribution in [0.5, 0.6) is 0 Å². The van der Waals surface area contributed by atoms with Crippen molar-refractivity contribution in [3.05, 3.63) is 0 Å². The largest absolute Gasteiger partial charge is 0.393 e. The minimum atomic E-state index is -0.0527. The Labute approximate surface area is 69.2 Å². The molecule has 11 heavy (non-hydrogen) atoms. The lowest BCUT2D eigenvalue weighted by molar-refractivity contribution is 0.0352. The molecular formula is C9H19NO. The van der Waals surface area contributed by atoms with Gasteiger partial charge in [-0.25, -0.2) is 0 Å². The molecule has 2 heteroatoms. The van der Waals surface area contributed by atoms with Gasteiger partial charge in [0.2, 0.25) is 0 Å². The summed E-state index contributed by atoms with van der Waals surface area (Å²) >= 11 is 0. The Kier molecular flexibility index (Phi) is 3.34. The van der Waals surface area contributed by atoms with Crippen molar-refractivity contribution in [1.82, 2.24) is 4.90 Å². The summed E-state index contributed by atoms with van der Waals surface area (Å²) in [5.41, 5.74) is 0.